The number of nitrogens with zero attached hydrogens (tertiary/aromatic N) is 1. The van der Waals surface area contributed by atoms with Gasteiger partial charge in [-0.05, 0) is 32.1 Å². The molecule has 0 fully saturated rings. The zero-order chi connectivity index (χ0) is 35.8. The predicted molar refractivity (Wildman–Crippen MR) is 201 cm³/mol. The Morgan fingerprint density at radius 1 is 0.708 bits per heavy atom. The lowest BCUT2D eigenvalue weighted by atomic mass is 10.0. The van der Waals surface area contributed by atoms with E-state index in [9.17, 15) is 19.4 Å². The van der Waals surface area contributed by atoms with Gasteiger partial charge in [-0.3, -0.25) is 9.36 Å². The van der Waals surface area contributed by atoms with Gasteiger partial charge in [-0.1, -0.05) is 154 Å². The van der Waals surface area contributed by atoms with E-state index in [1.54, 1.807) is 6.08 Å². The number of hydrogen-bond acceptors (Lipinski definition) is 6. The highest BCUT2D eigenvalue weighted by Gasteiger charge is 2.23. The Bertz CT molecular complexity index is 845. The number of nitrogens with one attached hydrogen (secondary N) is 1. The van der Waals surface area contributed by atoms with Gasteiger partial charge in [-0.25, -0.2) is 0 Å². The maximum atomic E-state index is 12.8. The molecular formula is C39H77N2O6P. The molecule has 48 heavy (non-hydrogen) atoms. The number of hydrogen-bond donors (Lipinski definition) is 2. The molecule has 9 heteroatoms. The number of quaternary nitrogens is 1. The summed E-state index contributed by atoms with van der Waals surface area (Å²) >= 11 is 0. The fraction of sp³-hybridized carbons (Fsp3) is 0.872. The number of amides is 1. The maximum absolute atomic E-state index is 12.8. The molecule has 8 nitrogen and oxygen atoms in total. The average Bonchev–Trinajstić information content (AvgIpc) is 3.02. The van der Waals surface area contributed by atoms with Crippen LogP contribution in [0.25, 0.3) is 0 Å². The minimum Gasteiger partial charge on any atom is -0.756 e. The highest BCUT2D eigenvalue weighted by atomic mass is 31.2. The average molecular weight is 701 g/mol. The summed E-state index contributed by atoms with van der Waals surface area (Å²) in [4.78, 5) is 25.1. The van der Waals surface area contributed by atoms with Crippen LogP contribution in [0.3, 0.4) is 0 Å². The molecule has 0 aliphatic rings. The molecule has 0 aliphatic heterocycles. The van der Waals surface area contributed by atoms with Gasteiger partial charge in [0.25, 0.3) is 7.82 Å². The Hall–Kier alpha value is -1.02. The van der Waals surface area contributed by atoms with Crippen LogP contribution < -0.4 is 10.2 Å². The molecule has 0 spiro atoms. The molecule has 1 amide bonds. The Morgan fingerprint density at radius 2 is 1.17 bits per heavy atom. The van der Waals surface area contributed by atoms with Crippen molar-refractivity contribution in [2.45, 2.75) is 180 Å². The fourth-order valence-electron chi connectivity index (χ4n) is 5.46. The summed E-state index contributed by atoms with van der Waals surface area (Å²) < 4.78 is 23.0. The topological polar surface area (TPSA) is 108 Å². The van der Waals surface area contributed by atoms with Crippen LogP contribution in [0.2, 0.25) is 0 Å². The number of phosphoric ester groups is 1. The van der Waals surface area contributed by atoms with Gasteiger partial charge < -0.3 is 28.8 Å². The van der Waals surface area contributed by atoms with Crippen LogP contribution in [-0.2, 0) is 18.4 Å². The number of aliphatic hydroxyl groups is 1. The standard InChI is InChI=1S/C39H77N2O6P/c1-6-8-10-12-14-16-18-19-20-21-22-23-25-27-29-31-33-39(43)40-37(36-47-48(44,45)46-35-34-41(3,4)5)38(42)32-30-28-26-24-17-15-13-11-9-7-2/h17,24,30,32,37-38,42H,6-16,18-23,25-29,31,33-36H2,1-5H3,(H-,40,43,44,45)/b24-17+,32-30+/t37-,38+/m0/s1. The first-order valence-corrected chi connectivity index (χ1v) is 21.2. The molecule has 1 unspecified atom stereocenters. The van der Waals surface area contributed by atoms with E-state index in [0.717, 1.165) is 38.5 Å². The lowest BCUT2D eigenvalue weighted by molar-refractivity contribution is -0.870. The molecule has 0 heterocycles. The highest BCUT2D eigenvalue weighted by Crippen LogP contribution is 2.38. The zero-order valence-corrected chi connectivity index (χ0v) is 32.8. The molecule has 0 aromatic rings. The molecule has 3 atom stereocenters. The number of unbranched alkanes of at least 4 members (excludes halogenated alkanes) is 20. The number of carbonyl (C=O) groups is 1. The highest BCUT2D eigenvalue weighted by molar-refractivity contribution is 7.45. The van der Waals surface area contributed by atoms with Crippen molar-refractivity contribution in [3.8, 4) is 0 Å². The minimum absolute atomic E-state index is 0.00483. The monoisotopic (exact) mass is 701 g/mol. The molecule has 0 rings (SSSR count). The van der Waals surface area contributed by atoms with Crippen LogP contribution >= 0.6 is 7.82 Å². The number of carbonyl (C=O) groups excluding carboxylic acids is 1. The predicted octanol–water partition coefficient (Wildman–Crippen LogP) is 9.55. The van der Waals surface area contributed by atoms with Crippen molar-refractivity contribution < 1.29 is 32.9 Å². The van der Waals surface area contributed by atoms with Crippen LogP contribution in [0.15, 0.2) is 24.3 Å². The smallest absolute Gasteiger partial charge is 0.268 e. The molecule has 0 saturated carbocycles. The first-order chi connectivity index (χ1) is 23.0. The van der Waals surface area contributed by atoms with Gasteiger partial charge in [0.1, 0.15) is 13.2 Å². The van der Waals surface area contributed by atoms with Crippen molar-refractivity contribution >= 4 is 13.7 Å². The second-order valence-electron chi connectivity index (χ2n) is 14.6. The minimum atomic E-state index is -4.58. The maximum Gasteiger partial charge on any atom is 0.268 e. The lowest BCUT2D eigenvalue weighted by Crippen LogP contribution is -2.45. The number of phosphoric acid groups is 1. The quantitative estimate of drug-likeness (QED) is 0.0295. The Kier molecular flexibility index (Phi) is 31.2. The first kappa shape index (κ1) is 47.0. The summed E-state index contributed by atoms with van der Waals surface area (Å²) in [6.45, 7) is 4.57. The van der Waals surface area contributed by atoms with E-state index in [2.05, 4.69) is 31.3 Å². The van der Waals surface area contributed by atoms with Crippen LogP contribution in [0, 0.1) is 0 Å². The molecule has 0 aromatic heterocycles. The Balaban J connectivity index is 4.46. The lowest BCUT2D eigenvalue weighted by Gasteiger charge is -2.29. The van der Waals surface area contributed by atoms with E-state index in [1.807, 2.05) is 27.2 Å². The summed E-state index contributed by atoms with van der Waals surface area (Å²) in [6.07, 6.45) is 35.1. The van der Waals surface area contributed by atoms with Crippen LogP contribution in [-0.4, -0.2) is 68.5 Å². The van der Waals surface area contributed by atoms with Gasteiger partial charge in [0.05, 0.1) is 39.9 Å². The molecule has 2 N–H and O–H groups in total. The van der Waals surface area contributed by atoms with E-state index < -0.39 is 20.0 Å². The number of allylic oxidation sites excluding steroid dienone is 3. The van der Waals surface area contributed by atoms with Crippen molar-refractivity contribution in [2.75, 3.05) is 40.9 Å². The van der Waals surface area contributed by atoms with Crippen molar-refractivity contribution in [2.24, 2.45) is 0 Å². The molecule has 0 bridgehead atoms. The second kappa shape index (κ2) is 31.9. The Morgan fingerprint density at radius 3 is 1.69 bits per heavy atom. The zero-order valence-electron chi connectivity index (χ0n) is 31.9. The molecule has 0 aliphatic carbocycles. The molecular weight excluding hydrogens is 623 g/mol. The SMILES string of the molecule is CCCCCC/C=C/CC/C=C/[C@@H](O)[C@H](COP(=O)([O-])OCC[N+](C)(C)C)NC(=O)CCCCCCCCCCCCCCCCCC. The van der Waals surface area contributed by atoms with Crippen molar-refractivity contribution in [1.29, 1.82) is 0 Å². The summed E-state index contributed by atoms with van der Waals surface area (Å²) in [5.74, 6) is -0.209. The van der Waals surface area contributed by atoms with E-state index in [0.29, 0.717) is 17.4 Å². The number of rotatable bonds is 35. The molecule has 0 saturated heterocycles. The van der Waals surface area contributed by atoms with Gasteiger partial charge in [0.15, 0.2) is 0 Å². The summed E-state index contributed by atoms with van der Waals surface area (Å²) in [5.41, 5.74) is 0. The molecule has 0 radical (unpaired) electrons. The van der Waals surface area contributed by atoms with Gasteiger partial charge in [-0.2, -0.15) is 0 Å². The summed E-state index contributed by atoms with van der Waals surface area (Å²) in [6, 6.07) is -0.895. The van der Waals surface area contributed by atoms with Crippen molar-refractivity contribution in [3.05, 3.63) is 24.3 Å². The Labute approximate surface area is 296 Å². The van der Waals surface area contributed by atoms with Gasteiger partial charge in [-0.15, -0.1) is 0 Å². The van der Waals surface area contributed by atoms with Crippen LogP contribution in [0.4, 0.5) is 0 Å². The van der Waals surface area contributed by atoms with Crippen LogP contribution in [0.1, 0.15) is 168 Å². The van der Waals surface area contributed by atoms with Crippen LogP contribution in [0.5, 0.6) is 0 Å². The van der Waals surface area contributed by atoms with E-state index in [-0.39, 0.29) is 19.1 Å². The van der Waals surface area contributed by atoms with Crippen molar-refractivity contribution in [3.63, 3.8) is 0 Å². The summed E-state index contributed by atoms with van der Waals surface area (Å²) in [5, 5.41) is 13.6. The first-order valence-electron chi connectivity index (χ1n) is 19.7. The normalized spacial score (nSPS) is 14.9. The fourth-order valence-corrected chi connectivity index (χ4v) is 6.18. The number of aliphatic hydroxyl groups excluding tert-OH is 1. The molecule has 284 valence electrons. The van der Waals surface area contributed by atoms with E-state index >= 15 is 0 Å². The third kappa shape index (κ3) is 33.5. The second-order valence-corrected chi connectivity index (χ2v) is 16.0. The van der Waals surface area contributed by atoms with E-state index in [1.165, 1.54) is 109 Å². The van der Waals surface area contributed by atoms with Crippen molar-refractivity contribution in [1.82, 2.24) is 5.32 Å². The summed E-state index contributed by atoms with van der Waals surface area (Å²) in [7, 11) is 1.24. The van der Waals surface area contributed by atoms with Gasteiger partial charge >= 0.3 is 0 Å². The third-order valence-corrected chi connectivity index (χ3v) is 9.63. The van der Waals surface area contributed by atoms with Gasteiger partial charge in [0, 0.05) is 6.42 Å². The largest absolute Gasteiger partial charge is 0.756 e. The molecule has 0 aromatic carbocycles. The number of likely N-dealkylation sites (N-methyl/N-ethyl adjacent to an activating group) is 1. The van der Waals surface area contributed by atoms with E-state index in [4.69, 9.17) is 9.05 Å². The van der Waals surface area contributed by atoms with Gasteiger partial charge in [0.2, 0.25) is 5.91 Å². The third-order valence-electron chi connectivity index (χ3n) is 8.66.